The van der Waals surface area contributed by atoms with Crippen molar-refractivity contribution in [1.29, 1.82) is 0 Å². The van der Waals surface area contributed by atoms with Crippen LogP contribution in [0.4, 0.5) is 5.95 Å². The average Bonchev–Trinajstić information content (AvgIpc) is 3.04. The number of oxazole rings is 1. The number of para-hydroxylation sites is 2. The van der Waals surface area contributed by atoms with Gasteiger partial charge in [0.1, 0.15) is 11.2 Å². The lowest BCUT2D eigenvalue weighted by Crippen LogP contribution is -2.38. The maximum absolute atomic E-state index is 12.6. The molecule has 0 aliphatic carbocycles. The van der Waals surface area contributed by atoms with Gasteiger partial charge >= 0.3 is 0 Å². The third-order valence-corrected chi connectivity index (χ3v) is 4.53. The molecule has 4 rings (SSSR count). The Bertz CT molecular complexity index is 875. The first kappa shape index (κ1) is 15.6. The predicted molar refractivity (Wildman–Crippen MR) is 93.1 cm³/mol. The Morgan fingerprint density at radius 2 is 1.96 bits per heavy atom. The molecule has 1 amide bonds. The first-order chi connectivity index (χ1) is 12.1. The number of fused-ring (bicyclic) bond motifs is 1. The molecule has 0 unspecified atom stereocenters. The highest BCUT2D eigenvalue weighted by molar-refractivity contribution is 5.92. The predicted octanol–water partition coefficient (Wildman–Crippen LogP) is 2.53. The molecule has 3 heterocycles. The van der Waals surface area contributed by atoms with Crippen LogP contribution in [0.3, 0.4) is 0 Å². The minimum Gasteiger partial charge on any atom is -0.440 e. The Labute approximate surface area is 144 Å². The number of rotatable bonds is 2. The smallest absolute Gasteiger partial charge is 0.272 e. The lowest BCUT2D eigenvalue weighted by molar-refractivity contribution is 0.0700. The van der Waals surface area contributed by atoms with Crippen molar-refractivity contribution in [2.24, 2.45) is 0 Å². The Balaban J connectivity index is 1.46. The van der Waals surface area contributed by atoms with Crippen LogP contribution in [0.5, 0.6) is 0 Å². The molecule has 0 atom stereocenters. The third-order valence-electron chi connectivity index (χ3n) is 4.53. The lowest BCUT2D eigenvalue weighted by Gasteiger charge is -2.30. The van der Waals surface area contributed by atoms with Crippen molar-refractivity contribution in [2.45, 2.75) is 25.7 Å². The summed E-state index contributed by atoms with van der Waals surface area (Å²) in [5.41, 5.74) is 8.38. The highest BCUT2D eigenvalue weighted by atomic mass is 16.3. The largest absolute Gasteiger partial charge is 0.440 e. The lowest BCUT2D eigenvalue weighted by atomic mass is 9.96. The van der Waals surface area contributed by atoms with E-state index in [0.29, 0.717) is 24.5 Å². The molecule has 0 radical (unpaired) electrons. The van der Waals surface area contributed by atoms with Crippen LogP contribution in [0.2, 0.25) is 0 Å². The van der Waals surface area contributed by atoms with Gasteiger partial charge in [-0.2, -0.15) is 0 Å². The van der Waals surface area contributed by atoms with Crippen molar-refractivity contribution in [1.82, 2.24) is 19.9 Å². The average molecular weight is 337 g/mol. The number of carbonyl (C=O) groups excluding carboxylic acids is 1. The second-order valence-electron chi connectivity index (χ2n) is 6.34. The summed E-state index contributed by atoms with van der Waals surface area (Å²) < 4.78 is 5.87. The summed E-state index contributed by atoms with van der Waals surface area (Å²) in [6.45, 7) is 3.09. The van der Waals surface area contributed by atoms with Gasteiger partial charge in [0.2, 0.25) is 5.95 Å². The van der Waals surface area contributed by atoms with Gasteiger partial charge in [-0.15, -0.1) is 0 Å². The number of benzene rings is 1. The Morgan fingerprint density at radius 3 is 2.68 bits per heavy atom. The summed E-state index contributed by atoms with van der Waals surface area (Å²) in [7, 11) is 0. The number of aryl methyl sites for hydroxylation is 1. The van der Waals surface area contributed by atoms with E-state index in [1.54, 1.807) is 17.9 Å². The van der Waals surface area contributed by atoms with Crippen LogP contribution in [0.15, 0.2) is 34.7 Å². The number of hydrogen-bond acceptors (Lipinski definition) is 6. The second-order valence-corrected chi connectivity index (χ2v) is 6.34. The molecule has 128 valence electrons. The Kier molecular flexibility index (Phi) is 3.83. The van der Waals surface area contributed by atoms with Gasteiger partial charge in [0.25, 0.3) is 5.91 Å². The molecular weight excluding hydrogens is 318 g/mol. The van der Waals surface area contributed by atoms with E-state index in [4.69, 9.17) is 10.2 Å². The van der Waals surface area contributed by atoms with Crippen LogP contribution in [-0.2, 0) is 0 Å². The highest BCUT2D eigenvalue weighted by Crippen LogP contribution is 2.30. The maximum Gasteiger partial charge on any atom is 0.272 e. The van der Waals surface area contributed by atoms with E-state index in [1.165, 1.54) is 0 Å². The number of carbonyl (C=O) groups is 1. The number of likely N-dealkylation sites (tertiary alicyclic amines) is 1. The molecular formula is C18H19N5O2. The maximum atomic E-state index is 12.6. The summed E-state index contributed by atoms with van der Waals surface area (Å²) >= 11 is 0. The van der Waals surface area contributed by atoms with E-state index in [0.717, 1.165) is 29.8 Å². The van der Waals surface area contributed by atoms with E-state index in [9.17, 15) is 4.79 Å². The molecule has 1 aromatic carbocycles. The van der Waals surface area contributed by atoms with E-state index in [2.05, 4.69) is 15.0 Å². The summed E-state index contributed by atoms with van der Waals surface area (Å²) in [4.78, 5) is 27.1. The zero-order chi connectivity index (χ0) is 17.4. The summed E-state index contributed by atoms with van der Waals surface area (Å²) in [5.74, 6) is 1.02. The van der Waals surface area contributed by atoms with Crippen molar-refractivity contribution < 1.29 is 9.21 Å². The van der Waals surface area contributed by atoms with Gasteiger partial charge in [-0.05, 0) is 38.0 Å². The third kappa shape index (κ3) is 3.05. The van der Waals surface area contributed by atoms with Crippen LogP contribution in [0.25, 0.3) is 11.1 Å². The van der Waals surface area contributed by atoms with Gasteiger partial charge < -0.3 is 15.1 Å². The van der Waals surface area contributed by atoms with E-state index < -0.39 is 0 Å². The monoisotopic (exact) mass is 337 g/mol. The molecule has 0 bridgehead atoms. The van der Waals surface area contributed by atoms with Crippen LogP contribution >= 0.6 is 0 Å². The van der Waals surface area contributed by atoms with Crippen molar-refractivity contribution in [2.75, 3.05) is 18.8 Å². The van der Waals surface area contributed by atoms with Crippen LogP contribution in [0.1, 0.15) is 40.8 Å². The summed E-state index contributed by atoms with van der Waals surface area (Å²) in [5, 5.41) is 0. The molecule has 0 saturated carbocycles. The molecule has 25 heavy (non-hydrogen) atoms. The van der Waals surface area contributed by atoms with E-state index in [-0.39, 0.29) is 17.8 Å². The normalized spacial score (nSPS) is 15.6. The van der Waals surface area contributed by atoms with Gasteiger partial charge in [-0.1, -0.05) is 12.1 Å². The molecule has 2 N–H and O–H groups in total. The standard InChI is InChI=1S/C18H19N5O2/c1-11-10-14(22-18(19)20-11)17(24)23-8-6-12(7-9-23)16-21-13-4-2-3-5-15(13)25-16/h2-5,10,12H,6-9H2,1H3,(H2,19,20,22). The number of nitrogens with zero attached hydrogens (tertiary/aromatic N) is 4. The number of nitrogens with two attached hydrogens (primary N) is 1. The molecule has 7 nitrogen and oxygen atoms in total. The zero-order valence-corrected chi connectivity index (χ0v) is 14.0. The zero-order valence-electron chi connectivity index (χ0n) is 14.0. The van der Waals surface area contributed by atoms with E-state index in [1.807, 2.05) is 24.3 Å². The fourth-order valence-electron chi connectivity index (χ4n) is 3.26. The fraction of sp³-hybridized carbons (Fsp3) is 0.333. The number of nitrogen functional groups attached to an aromatic ring is 1. The fourth-order valence-corrected chi connectivity index (χ4v) is 3.26. The summed E-state index contributed by atoms with van der Waals surface area (Å²) in [6.07, 6.45) is 1.64. The quantitative estimate of drug-likeness (QED) is 0.771. The molecule has 0 spiro atoms. The van der Waals surface area contributed by atoms with Gasteiger partial charge in [-0.3, -0.25) is 4.79 Å². The molecule has 1 saturated heterocycles. The van der Waals surface area contributed by atoms with Crippen LogP contribution < -0.4 is 5.73 Å². The number of hydrogen-bond donors (Lipinski definition) is 1. The number of anilines is 1. The van der Waals surface area contributed by atoms with Crippen LogP contribution in [0, 0.1) is 6.92 Å². The Morgan fingerprint density at radius 1 is 1.20 bits per heavy atom. The molecule has 1 fully saturated rings. The Hall–Kier alpha value is -2.96. The van der Waals surface area contributed by atoms with Gasteiger partial charge in [-0.25, -0.2) is 15.0 Å². The molecule has 1 aliphatic rings. The second kappa shape index (κ2) is 6.16. The summed E-state index contributed by atoms with van der Waals surface area (Å²) in [6, 6.07) is 9.43. The van der Waals surface area contributed by atoms with Crippen molar-refractivity contribution in [3.63, 3.8) is 0 Å². The van der Waals surface area contributed by atoms with Crippen molar-refractivity contribution in [3.05, 3.63) is 47.6 Å². The highest BCUT2D eigenvalue weighted by Gasteiger charge is 2.28. The number of aromatic nitrogens is 3. The number of amides is 1. The van der Waals surface area contributed by atoms with Crippen molar-refractivity contribution >= 4 is 23.0 Å². The molecule has 1 aliphatic heterocycles. The van der Waals surface area contributed by atoms with Crippen LogP contribution in [-0.4, -0.2) is 38.8 Å². The minimum absolute atomic E-state index is 0.104. The van der Waals surface area contributed by atoms with Gasteiger partial charge in [0.15, 0.2) is 11.5 Å². The van der Waals surface area contributed by atoms with Gasteiger partial charge in [0, 0.05) is 24.7 Å². The number of piperidine rings is 1. The topological polar surface area (TPSA) is 98.1 Å². The molecule has 2 aromatic heterocycles. The van der Waals surface area contributed by atoms with Gasteiger partial charge in [0.05, 0.1) is 0 Å². The van der Waals surface area contributed by atoms with E-state index >= 15 is 0 Å². The molecule has 3 aromatic rings. The SMILES string of the molecule is Cc1cc(C(=O)N2CCC(c3nc4ccccc4o3)CC2)nc(N)n1. The molecule has 7 heteroatoms. The first-order valence-electron chi connectivity index (χ1n) is 8.36. The van der Waals surface area contributed by atoms with Crippen molar-refractivity contribution in [3.8, 4) is 0 Å². The minimum atomic E-state index is -0.104. The first-order valence-corrected chi connectivity index (χ1v) is 8.36.